The molecule has 0 saturated carbocycles. The largest absolute Gasteiger partial charge is 0.350 e. The van der Waals surface area contributed by atoms with Crippen LogP contribution >= 0.6 is 12.4 Å². The standard InChI is InChI=1S/C18H27N3O3S.ClH/c1-12(14-3-7-17(8-4-14)25(23,24)19-2)20-18(22)11-13-9-15-5-6-16(10-13)21-15;/h3-4,7-8,12-13,15-16,19,21H,5-6,9-11H2,1-2H3,(H,20,22);1H. The van der Waals surface area contributed by atoms with Gasteiger partial charge < -0.3 is 10.6 Å². The summed E-state index contributed by atoms with van der Waals surface area (Å²) < 4.78 is 25.8. The maximum Gasteiger partial charge on any atom is 0.240 e. The number of carbonyl (C=O) groups excluding carboxylic acids is 1. The highest BCUT2D eigenvalue weighted by atomic mass is 35.5. The van der Waals surface area contributed by atoms with Crippen LogP contribution in [0.5, 0.6) is 0 Å². The maximum atomic E-state index is 12.4. The Hall–Kier alpha value is -1.15. The fraction of sp³-hybridized carbons (Fsp3) is 0.611. The molecule has 1 amide bonds. The molecule has 2 heterocycles. The molecule has 0 spiro atoms. The van der Waals surface area contributed by atoms with Crippen LogP contribution in [0.15, 0.2) is 29.2 Å². The van der Waals surface area contributed by atoms with Crippen molar-refractivity contribution in [1.82, 2.24) is 15.4 Å². The molecule has 3 rings (SSSR count). The summed E-state index contributed by atoms with van der Waals surface area (Å²) in [5, 5.41) is 6.64. The van der Waals surface area contributed by atoms with E-state index in [4.69, 9.17) is 0 Å². The van der Waals surface area contributed by atoms with E-state index in [1.54, 1.807) is 24.3 Å². The molecule has 0 radical (unpaired) electrons. The fourth-order valence-corrected chi connectivity index (χ4v) is 4.77. The van der Waals surface area contributed by atoms with E-state index in [1.807, 2.05) is 6.92 Å². The first-order chi connectivity index (χ1) is 11.9. The number of halogens is 1. The number of nitrogens with one attached hydrogen (secondary N) is 3. The Balaban J connectivity index is 0.00000243. The number of hydrogen-bond acceptors (Lipinski definition) is 4. The second kappa shape index (κ2) is 8.69. The average molecular weight is 402 g/mol. The summed E-state index contributed by atoms with van der Waals surface area (Å²) >= 11 is 0. The first-order valence-electron chi connectivity index (χ1n) is 8.96. The number of carbonyl (C=O) groups is 1. The number of amides is 1. The van der Waals surface area contributed by atoms with E-state index in [2.05, 4.69) is 15.4 Å². The molecular formula is C18H28ClN3O3S. The van der Waals surface area contributed by atoms with Gasteiger partial charge in [0.2, 0.25) is 15.9 Å². The molecule has 1 aromatic rings. The number of fused-ring (bicyclic) bond motifs is 2. The molecule has 3 N–H and O–H groups in total. The second-order valence-corrected chi connectivity index (χ2v) is 9.13. The minimum absolute atomic E-state index is 0. The molecule has 8 heteroatoms. The number of rotatable bonds is 6. The van der Waals surface area contributed by atoms with E-state index in [1.165, 1.54) is 19.9 Å². The molecule has 3 unspecified atom stereocenters. The van der Waals surface area contributed by atoms with Gasteiger partial charge in [-0.15, -0.1) is 12.4 Å². The zero-order chi connectivity index (χ0) is 18.0. The molecule has 6 nitrogen and oxygen atoms in total. The van der Waals surface area contributed by atoms with Gasteiger partial charge in [-0.1, -0.05) is 12.1 Å². The zero-order valence-electron chi connectivity index (χ0n) is 15.2. The SMILES string of the molecule is CNS(=O)(=O)c1ccc(C(C)NC(=O)CC2CC3CCC(C2)N3)cc1.Cl. The van der Waals surface area contributed by atoms with Crippen molar-refractivity contribution in [3.05, 3.63) is 29.8 Å². The summed E-state index contributed by atoms with van der Waals surface area (Å²) in [6.45, 7) is 1.92. The Bertz CT molecular complexity index is 712. The van der Waals surface area contributed by atoms with Crippen LogP contribution in [0.2, 0.25) is 0 Å². The highest BCUT2D eigenvalue weighted by molar-refractivity contribution is 7.89. The second-order valence-electron chi connectivity index (χ2n) is 7.25. The zero-order valence-corrected chi connectivity index (χ0v) is 16.8. The smallest absolute Gasteiger partial charge is 0.240 e. The topological polar surface area (TPSA) is 87.3 Å². The average Bonchev–Trinajstić information content (AvgIpc) is 2.93. The number of piperidine rings is 1. The van der Waals surface area contributed by atoms with Gasteiger partial charge in [0, 0.05) is 18.5 Å². The number of sulfonamides is 1. The Morgan fingerprint density at radius 2 is 1.77 bits per heavy atom. The minimum Gasteiger partial charge on any atom is -0.350 e. The van der Waals surface area contributed by atoms with Gasteiger partial charge in [0.05, 0.1) is 10.9 Å². The number of hydrogen-bond donors (Lipinski definition) is 3. The minimum atomic E-state index is -3.43. The third kappa shape index (κ3) is 4.97. The normalized spacial score (nSPS) is 26.0. The maximum absolute atomic E-state index is 12.4. The highest BCUT2D eigenvalue weighted by Gasteiger charge is 2.34. The van der Waals surface area contributed by atoms with Crippen LogP contribution in [0.4, 0.5) is 0 Å². The molecule has 2 aliphatic rings. The Labute approximate surface area is 162 Å². The summed E-state index contributed by atoms with van der Waals surface area (Å²) in [5.41, 5.74) is 0.897. The van der Waals surface area contributed by atoms with Gasteiger partial charge in [-0.05, 0) is 63.3 Å². The number of benzene rings is 1. The first-order valence-corrected chi connectivity index (χ1v) is 10.4. The quantitative estimate of drug-likeness (QED) is 0.681. The predicted molar refractivity (Wildman–Crippen MR) is 104 cm³/mol. The van der Waals surface area contributed by atoms with Crippen LogP contribution < -0.4 is 15.4 Å². The molecule has 0 aliphatic carbocycles. The van der Waals surface area contributed by atoms with Crippen LogP contribution in [-0.4, -0.2) is 33.5 Å². The van der Waals surface area contributed by atoms with Gasteiger partial charge in [0.25, 0.3) is 0 Å². The van der Waals surface area contributed by atoms with Crippen molar-refractivity contribution in [1.29, 1.82) is 0 Å². The van der Waals surface area contributed by atoms with Gasteiger partial charge in [-0.25, -0.2) is 13.1 Å². The molecular weight excluding hydrogens is 374 g/mol. The van der Waals surface area contributed by atoms with Crippen LogP contribution in [0.1, 0.15) is 50.6 Å². The summed E-state index contributed by atoms with van der Waals surface area (Å²) in [7, 11) is -2.04. The monoisotopic (exact) mass is 401 g/mol. The molecule has 2 fully saturated rings. The Kier molecular flexibility index (Phi) is 7.07. The molecule has 3 atom stereocenters. The van der Waals surface area contributed by atoms with Crippen molar-refractivity contribution in [2.45, 2.75) is 62.0 Å². The summed E-state index contributed by atoms with van der Waals surface area (Å²) in [6.07, 6.45) is 5.23. The Morgan fingerprint density at radius 3 is 2.31 bits per heavy atom. The predicted octanol–water partition coefficient (Wildman–Crippen LogP) is 2.11. The van der Waals surface area contributed by atoms with Crippen LogP contribution in [-0.2, 0) is 14.8 Å². The molecule has 2 aliphatic heterocycles. The van der Waals surface area contributed by atoms with Crippen LogP contribution in [0, 0.1) is 5.92 Å². The lowest BCUT2D eigenvalue weighted by atomic mass is 9.89. The van der Waals surface area contributed by atoms with Crippen molar-refractivity contribution in [2.24, 2.45) is 5.92 Å². The van der Waals surface area contributed by atoms with Crippen LogP contribution in [0.3, 0.4) is 0 Å². The fourth-order valence-electron chi connectivity index (χ4n) is 4.04. The third-order valence-corrected chi connectivity index (χ3v) is 6.81. The first kappa shape index (κ1) is 21.2. The molecule has 146 valence electrons. The van der Waals surface area contributed by atoms with Gasteiger partial charge in [0.15, 0.2) is 0 Å². The van der Waals surface area contributed by atoms with Crippen molar-refractivity contribution in [3.63, 3.8) is 0 Å². The molecule has 2 bridgehead atoms. The molecule has 2 saturated heterocycles. The van der Waals surface area contributed by atoms with Gasteiger partial charge in [-0.2, -0.15) is 0 Å². The summed E-state index contributed by atoms with van der Waals surface area (Å²) in [6, 6.07) is 7.67. The van der Waals surface area contributed by atoms with Gasteiger partial charge in [0.1, 0.15) is 0 Å². The van der Waals surface area contributed by atoms with Crippen molar-refractivity contribution >= 4 is 28.3 Å². The lowest BCUT2D eigenvalue weighted by Gasteiger charge is -2.29. The Morgan fingerprint density at radius 1 is 1.19 bits per heavy atom. The van der Waals surface area contributed by atoms with Crippen LogP contribution in [0.25, 0.3) is 0 Å². The van der Waals surface area contributed by atoms with Crippen molar-refractivity contribution in [2.75, 3.05) is 7.05 Å². The highest BCUT2D eigenvalue weighted by Crippen LogP contribution is 2.32. The van der Waals surface area contributed by atoms with E-state index < -0.39 is 10.0 Å². The van der Waals surface area contributed by atoms with E-state index >= 15 is 0 Å². The van der Waals surface area contributed by atoms with E-state index in [0.717, 1.165) is 18.4 Å². The molecule has 26 heavy (non-hydrogen) atoms. The van der Waals surface area contributed by atoms with Gasteiger partial charge >= 0.3 is 0 Å². The lowest BCUT2D eigenvalue weighted by Crippen LogP contribution is -2.40. The molecule has 1 aromatic carbocycles. The summed E-state index contributed by atoms with van der Waals surface area (Å²) in [4.78, 5) is 12.6. The van der Waals surface area contributed by atoms with Crippen molar-refractivity contribution in [3.8, 4) is 0 Å². The third-order valence-electron chi connectivity index (χ3n) is 5.38. The van der Waals surface area contributed by atoms with Gasteiger partial charge in [-0.3, -0.25) is 4.79 Å². The van der Waals surface area contributed by atoms with E-state index in [9.17, 15) is 13.2 Å². The molecule has 0 aromatic heterocycles. The lowest BCUT2D eigenvalue weighted by molar-refractivity contribution is -0.122. The van der Waals surface area contributed by atoms with Crippen molar-refractivity contribution < 1.29 is 13.2 Å². The van der Waals surface area contributed by atoms with E-state index in [-0.39, 0.29) is 29.3 Å². The van der Waals surface area contributed by atoms with E-state index in [0.29, 0.717) is 24.4 Å². The summed E-state index contributed by atoms with van der Waals surface area (Å²) in [5.74, 6) is 0.542.